The van der Waals surface area contributed by atoms with E-state index in [1.54, 1.807) is 61.5 Å². The zero-order valence-corrected chi connectivity index (χ0v) is 39.8. The van der Waals surface area contributed by atoms with E-state index < -0.39 is 42.3 Å². The number of nitrogens with two attached hydrogens (primary N) is 1. The van der Waals surface area contributed by atoms with Gasteiger partial charge in [0.2, 0.25) is 0 Å². The third kappa shape index (κ3) is 12.6. The van der Waals surface area contributed by atoms with Crippen LogP contribution in [0.1, 0.15) is 70.8 Å². The van der Waals surface area contributed by atoms with E-state index >= 15 is 0 Å². The lowest BCUT2D eigenvalue weighted by molar-refractivity contribution is 0.0519. The molecule has 4 aromatic heterocycles. The topological polar surface area (TPSA) is 245 Å². The minimum absolute atomic E-state index is 0. The number of aryl methyl sites for hydroxylation is 2. The second kappa shape index (κ2) is 22.3. The minimum atomic E-state index is -2.81. The number of fused-ring (bicyclic) bond motifs is 1. The van der Waals surface area contributed by atoms with Crippen LogP contribution in [0.25, 0.3) is 21.1 Å². The number of aliphatic imine (C=N–C) groups is 1. The molecule has 6 aromatic rings. The summed E-state index contributed by atoms with van der Waals surface area (Å²) in [6.45, 7) is 10.8. The van der Waals surface area contributed by atoms with E-state index in [0.717, 1.165) is 17.7 Å². The van der Waals surface area contributed by atoms with E-state index in [9.17, 15) is 33.0 Å². The van der Waals surface area contributed by atoms with E-state index in [0.29, 0.717) is 56.7 Å². The average molecular weight is 965 g/mol. The van der Waals surface area contributed by atoms with Crippen molar-refractivity contribution >= 4 is 65.3 Å². The number of hydrogen-bond donors (Lipinski definition) is 4. The van der Waals surface area contributed by atoms with Crippen LogP contribution in [-0.4, -0.2) is 69.1 Å². The van der Waals surface area contributed by atoms with Gasteiger partial charge in [-0.25, -0.2) is 32.3 Å². The van der Waals surface area contributed by atoms with Crippen LogP contribution in [0.5, 0.6) is 11.5 Å². The quantitative estimate of drug-likeness (QED) is 0.0665. The molecule has 5 N–H and O–H groups in total. The maximum Gasteiger partial charge on any atom is 0.347 e. The van der Waals surface area contributed by atoms with Gasteiger partial charge in [0, 0.05) is 31.3 Å². The highest BCUT2D eigenvalue weighted by molar-refractivity contribution is 7.93. The lowest BCUT2D eigenvalue weighted by atomic mass is 10.1. The Morgan fingerprint density at radius 3 is 1.86 bits per heavy atom. The fourth-order valence-electron chi connectivity index (χ4n) is 6.09. The van der Waals surface area contributed by atoms with Crippen molar-refractivity contribution < 1.29 is 28.2 Å². The van der Waals surface area contributed by atoms with Crippen LogP contribution in [0.15, 0.2) is 112 Å². The number of amidine groups is 1. The highest BCUT2D eigenvalue weighted by atomic mass is 32.2. The van der Waals surface area contributed by atoms with Crippen molar-refractivity contribution in [2.75, 3.05) is 24.9 Å². The molecule has 7 rings (SSSR count). The van der Waals surface area contributed by atoms with Gasteiger partial charge in [0.15, 0.2) is 22.9 Å². The first kappa shape index (κ1) is 51.7. The number of ether oxygens (including phenoxy) is 1. The molecule has 0 saturated carbocycles. The predicted octanol–water partition coefficient (Wildman–Crippen LogP) is 9.11. The molecule has 16 nitrogen and oxygen atoms in total. The molecule has 348 valence electrons. The second-order valence-corrected chi connectivity index (χ2v) is 21.7. The van der Waals surface area contributed by atoms with Crippen molar-refractivity contribution in [3.05, 3.63) is 115 Å². The Labute approximate surface area is 387 Å². The molecule has 65 heavy (non-hydrogen) atoms. The van der Waals surface area contributed by atoms with Crippen molar-refractivity contribution in [3.63, 3.8) is 0 Å². The first-order valence-electron chi connectivity index (χ1n) is 20.2. The Bertz CT molecular complexity index is 3000. The fourth-order valence-corrected chi connectivity index (χ4v) is 9.76. The van der Waals surface area contributed by atoms with E-state index in [1.165, 1.54) is 44.5 Å². The van der Waals surface area contributed by atoms with Crippen LogP contribution in [-0.2, 0) is 37.3 Å². The normalized spacial score (nSPS) is 14.9. The second-order valence-electron chi connectivity index (χ2n) is 15.4. The molecule has 2 unspecified atom stereocenters. The van der Waals surface area contributed by atoms with Crippen LogP contribution in [0.4, 0.5) is 11.4 Å². The number of aromatic nitrogens is 4. The smallest absolute Gasteiger partial charge is 0.347 e. The monoisotopic (exact) mass is 964 g/mol. The molecule has 1 aliphatic rings. The van der Waals surface area contributed by atoms with E-state index in [1.807, 2.05) is 42.8 Å². The Hall–Kier alpha value is -5.96. The summed E-state index contributed by atoms with van der Waals surface area (Å²) in [5.41, 5.74) is 5.40. The number of para-hydroxylation sites is 2. The zero-order valence-electron chi connectivity index (χ0n) is 36.5. The maximum atomic E-state index is 13.3. The fraction of sp³-hybridized carbons (Fsp3) is 0.333. The van der Waals surface area contributed by atoms with Crippen LogP contribution in [0, 0.1) is 16.6 Å². The SMILES string of the molecule is C.CC(C)CCn1nc(-c2cccs2)c(O)c(C2=Nc3ccccc3S(C)(=O)=N2)c1=O.CCOC(=O)c1c(O)c(-c2cccs2)nn(CCC(C)C)c1=O.CS(=N)(=O)c1ccccc1N. The summed E-state index contributed by atoms with van der Waals surface area (Å²) in [4.78, 5) is 44.6. The summed E-state index contributed by atoms with van der Waals surface area (Å²) in [6.07, 6.45) is 4.36. The average Bonchev–Trinajstić information content (AvgIpc) is 3.97. The highest BCUT2D eigenvalue weighted by Crippen LogP contribution is 2.36. The van der Waals surface area contributed by atoms with E-state index in [2.05, 4.69) is 33.4 Å². The van der Waals surface area contributed by atoms with E-state index in [4.69, 9.17) is 15.3 Å². The number of nitrogen functional groups attached to an aromatic ring is 1. The van der Waals surface area contributed by atoms with Gasteiger partial charge in [-0.2, -0.15) is 14.6 Å². The number of carbonyl (C=O) groups is 1. The number of rotatable bonds is 12. The van der Waals surface area contributed by atoms with Gasteiger partial charge in [0.25, 0.3) is 11.1 Å². The number of nitrogens with one attached hydrogen (secondary N) is 1. The number of aromatic hydroxyl groups is 2. The summed E-state index contributed by atoms with van der Waals surface area (Å²) < 4.78 is 43.4. The molecular weight excluding hydrogens is 909 g/mol. The molecule has 5 heterocycles. The largest absolute Gasteiger partial charge is 0.505 e. The van der Waals surface area contributed by atoms with Crippen molar-refractivity contribution in [1.29, 1.82) is 4.78 Å². The van der Waals surface area contributed by atoms with Gasteiger partial charge in [0.1, 0.15) is 17.0 Å². The Morgan fingerprint density at radius 1 is 0.846 bits per heavy atom. The van der Waals surface area contributed by atoms with Crippen LogP contribution in [0.2, 0.25) is 0 Å². The van der Waals surface area contributed by atoms with Gasteiger partial charge < -0.3 is 20.7 Å². The molecule has 2 atom stereocenters. The van der Waals surface area contributed by atoms with Gasteiger partial charge in [-0.1, -0.05) is 71.5 Å². The van der Waals surface area contributed by atoms with Crippen LogP contribution in [0.3, 0.4) is 0 Å². The van der Waals surface area contributed by atoms with Gasteiger partial charge in [-0.15, -0.1) is 22.7 Å². The lowest BCUT2D eigenvalue weighted by Gasteiger charge is -2.17. The Kier molecular flexibility index (Phi) is 17.7. The van der Waals surface area contributed by atoms with Crippen LogP contribution >= 0.6 is 22.7 Å². The van der Waals surface area contributed by atoms with Crippen molar-refractivity contribution in [2.24, 2.45) is 21.2 Å². The molecule has 0 amide bonds. The maximum absolute atomic E-state index is 13.3. The number of thiophene rings is 2. The molecule has 2 aromatic carbocycles. The third-order valence-electron chi connectivity index (χ3n) is 9.41. The third-order valence-corrected chi connectivity index (χ3v) is 14.1. The molecule has 0 fully saturated rings. The lowest BCUT2D eigenvalue weighted by Crippen LogP contribution is -2.30. The highest BCUT2D eigenvalue weighted by Gasteiger charge is 2.28. The van der Waals surface area contributed by atoms with E-state index in [-0.39, 0.29) is 42.4 Å². The molecule has 0 aliphatic carbocycles. The number of anilines is 1. The van der Waals surface area contributed by atoms with Crippen molar-refractivity contribution in [1.82, 2.24) is 19.6 Å². The number of hydrogen-bond acceptors (Lipinski definition) is 16. The number of esters is 1. The molecule has 1 aliphatic heterocycles. The van der Waals surface area contributed by atoms with Gasteiger partial charge in [-0.05, 0) is 78.8 Å². The molecule has 0 radical (unpaired) electrons. The number of nitrogens with zero attached hydrogens (tertiary/aromatic N) is 6. The van der Waals surface area contributed by atoms with Crippen molar-refractivity contribution in [2.45, 2.75) is 77.8 Å². The van der Waals surface area contributed by atoms with Crippen molar-refractivity contribution in [3.8, 4) is 32.6 Å². The first-order chi connectivity index (χ1) is 30.2. The standard InChI is InChI=1S/C21H22N4O3S2.C16H20N2O4S.C7H10N2OS.CH4/c1-13(2)10-11-25-21(27)17(19(26)18(23-25)15-8-6-12-29-15)20-22-14-7-4-5-9-16(14)30(3,28)24-20;1-4-22-16(21)12-14(19)13(11-6-5-9-23-11)17-18(15(12)20)8-7-10(2)3;1-11(9,10)7-5-3-2-4-6(7)8;/h4-9,12-13,26H,10-11H2,1-3H3;5-6,9-10,19H,4,7-8H2,1-3H3;2-5,9H,8H2,1H3;1H4. The first-order valence-corrected chi connectivity index (χ1v) is 25.8. The van der Waals surface area contributed by atoms with Gasteiger partial charge >= 0.3 is 5.97 Å². The molecule has 0 saturated heterocycles. The zero-order chi connectivity index (χ0) is 46.9. The summed E-state index contributed by atoms with van der Waals surface area (Å²) in [5.74, 6) is -0.805. The molecule has 0 spiro atoms. The minimum Gasteiger partial charge on any atom is -0.505 e. The summed E-state index contributed by atoms with van der Waals surface area (Å²) >= 11 is 2.78. The summed E-state index contributed by atoms with van der Waals surface area (Å²) in [7, 11) is -5.47. The Morgan fingerprint density at radius 2 is 1.37 bits per heavy atom. The van der Waals surface area contributed by atoms with Gasteiger partial charge in [0.05, 0.1) is 51.3 Å². The summed E-state index contributed by atoms with van der Waals surface area (Å²) in [6, 6.07) is 21.0. The number of carbonyl (C=O) groups excluding carboxylic acids is 1. The molecule has 20 heteroatoms. The Balaban J connectivity index is 0.000000234. The molecular formula is C45H56N8O8S4. The van der Waals surface area contributed by atoms with Gasteiger partial charge in [-0.3, -0.25) is 9.59 Å². The van der Waals surface area contributed by atoms with Crippen LogP contribution < -0.4 is 16.9 Å². The number of benzene rings is 2. The predicted molar refractivity (Wildman–Crippen MR) is 262 cm³/mol. The molecule has 0 bridgehead atoms. The summed E-state index contributed by atoms with van der Waals surface area (Å²) in [5, 5.41) is 33.8.